The Bertz CT molecular complexity index is 4310. The predicted molar refractivity (Wildman–Crippen MR) is 418 cm³/mol. The highest BCUT2D eigenvalue weighted by Crippen LogP contribution is 2.23. The number of benzene rings is 5. The standard InChI is InChI=1S/C80H100ClN15O16/c1-45(2)37-62(71(102)88-61(18-11-12-35-83-46(3)4)79(110)96-36-14-19-68(96)77(108)84-47(5)80(111)112)89-73(104)64(40-52-23-30-59(31-24-52)85-48(6)98)90-74(105)65(41-53-25-32-60(33-26-53)86-49(7)99)92-76(107)67(44-97)93-78(109)69(94-70(101)57-17-13-34-82-43-57)95-75(106)66(39-51-21-28-58(81)29-22-51)91-72(103)63(87-50(8)100)42-54-20-27-55-15-9-10-16-56(55)38-54/h9-10,13,15-17,20-34,38,43,45-47,61-69,83,97H,11-12,14,18-19,35-37,39-42,44H2,1-8H3,(H,84,108)(H,85,98)(H,86,99)(H,87,100)(H,88,102)(H,89,104)(H,90,105)(H,91,103)(H,92,107)(H,93,109)(H,94,101)(H,95,106)(H,111,112)/t47-,61+,62+,63-,64-,65+,66-,67+,68+,69-/m1/s1. The lowest BCUT2D eigenvalue weighted by molar-refractivity contribution is -0.144. The van der Waals surface area contributed by atoms with Crippen molar-refractivity contribution in [3.8, 4) is 0 Å². The Kier molecular flexibility index (Phi) is 33.6. The lowest BCUT2D eigenvalue weighted by atomic mass is 9.99. The van der Waals surface area contributed by atoms with Crippen molar-refractivity contribution >= 4 is 117 Å². The van der Waals surface area contributed by atoms with Crippen LogP contribution in [0.4, 0.5) is 11.4 Å². The largest absolute Gasteiger partial charge is 0.480 e. The molecule has 1 aromatic heterocycles. The van der Waals surface area contributed by atoms with Crippen LogP contribution in [-0.2, 0) is 88.0 Å². The van der Waals surface area contributed by atoms with Gasteiger partial charge in [0, 0.05) is 87.8 Å². The molecule has 7 rings (SSSR count). The van der Waals surface area contributed by atoms with Gasteiger partial charge in [0.1, 0.15) is 54.4 Å². The number of nitrogens with zero attached hydrogens (tertiary/aromatic N) is 2. The second-order valence-corrected chi connectivity index (χ2v) is 28.8. The third kappa shape index (κ3) is 28.0. The summed E-state index contributed by atoms with van der Waals surface area (Å²) in [6, 6.07) is 21.4. The highest BCUT2D eigenvalue weighted by atomic mass is 35.5. The molecule has 13 amide bonds. The Hall–Kier alpha value is -11.7. The number of aromatic nitrogens is 1. The summed E-state index contributed by atoms with van der Waals surface area (Å²) in [6.45, 7) is 12.1. The molecule has 1 aliphatic heterocycles. The van der Waals surface area contributed by atoms with Crippen LogP contribution in [0.25, 0.3) is 10.8 Å². The molecular weight excluding hydrogens is 1460 g/mol. The zero-order valence-corrected chi connectivity index (χ0v) is 64.5. The van der Waals surface area contributed by atoms with Gasteiger partial charge in [-0.25, -0.2) is 0 Å². The molecule has 15 N–H and O–H groups in total. The topological polar surface area (TPSA) is 452 Å². The van der Waals surface area contributed by atoms with Crippen LogP contribution in [-0.4, -0.2) is 189 Å². The second kappa shape index (κ2) is 43.0. The number of rotatable bonds is 40. The van der Waals surface area contributed by atoms with Crippen molar-refractivity contribution in [2.75, 3.05) is 30.3 Å². The van der Waals surface area contributed by atoms with Crippen LogP contribution in [0.15, 0.2) is 140 Å². The average Bonchev–Trinajstić information content (AvgIpc) is 1.24. The number of aliphatic hydroxyl groups is 1. The van der Waals surface area contributed by atoms with Crippen molar-refractivity contribution in [2.45, 2.75) is 186 Å². The molecular formula is C80H100ClN15O16. The molecule has 0 radical (unpaired) electrons. The highest BCUT2D eigenvalue weighted by Gasteiger charge is 2.41. The maximum absolute atomic E-state index is 15.3. The van der Waals surface area contributed by atoms with E-state index in [-0.39, 0.29) is 74.9 Å². The quantitative estimate of drug-likeness (QED) is 0.0194. The minimum absolute atomic E-state index is 0.0158. The Labute approximate surface area is 654 Å². The lowest BCUT2D eigenvalue weighted by Crippen LogP contribution is -2.64. The highest BCUT2D eigenvalue weighted by molar-refractivity contribution is 6.30. The third-order valence-electron chi connectivity index (χ3n) is 18.2. The Morgan fingerprint density at radius 1 is 0.500 bits per heavy atom. The number of aliphatic hydroxyl groups excluding tert-OH is 1. The molecule has 6 aromatic rings. The minimum atomic E-state index is -2.13. The van der Waals surface area contributed by atoms with Crippen molar-refractivity contribution in [3.63, 3.8) is 0 Å². The van der Waals surface area contributed by atoms with Gasteiger partial charge in [0.2, 0.25) is 65.0 Å². The number of carboxylic acid groups (broad SMARTS) is 1. The van der Waals surface area contributed by atoms with Crippen LogP contribution in [0.1, 0.15) is 127 Å². The number of carbonyl (C=O) groups is 14. The van der Waals surface area contributed by atoms with Gasteiger partial charge >= 0.3 is 5.97 Å². The first kappa shape index (κ1) is 87.5. The average molecular weight is 1560 g/mol. The van der Waals surface area contributed by atoms with Crippen molar-refractivity contribution in [2.24, 2.45) is 5.92 Å². The van der Waals surface area contributed by atoms with E-state index < -0.39 is 144 Å². The van der Waals surface area contributed by atoms with Crippen LogP contribution in [0.5, 0.6) is 0 Å². The first-order chi connectivity index (χ1) is 53.3. The van der Waals surface area contributed by atoms with Crippen LogP contribution in [0, 0.1) is 5.92 Å². The fourth-order valence-electron chi connectivity index (χ4n) is 12.5. The fraction of sp³-hybridized carbons (Fsp3) is 0.412. The number of halogens is 1. The maximum atomic E-state index is 15.3. The number of aliphatic carboxylic acids is 1. The molecule has 0 spiro atoms. The molecule has 0 unspecified atom stereocenters. The van der Waals surface area contributed by atoms with E-state index in [2.05, 4.69) is 74.1 Å². The first-order valence-electron chi connectivity index (χ1n) is 37.1. The number of hydrogen-bond donors (Lipinski definition) is 15. The van der Waals surface area contributed by atoms with E-state index in [1.807, 2.05) is 50.2 Å². The second-order valence-electron chi connectivity index (χ2n) is 28.3. The molecule has 1 aliphatic rings. The van der Waals surface area contributed by atoms with Crippen LogP contribution in [0.2, 0.25) is 5.02 Å². The summed E-state index contributed by atoms with van der Waals surface area (Å²) in [5.41, 5.74) is 2.54. The van der Waals surface area contributed by atoms with E-state index in [0.29, 0.717) is 64.5 Å². The van der Waals surface area contributed by atoms with Gasteiger partial charge in [0.15, 0.2) is 6.17 Å². The van der Waals surface area contributed by atoms with Crippen molar-refractivity contribution in [1.29, 1.82) is 0 Å². The molecule has 112 heavy (non-hydrogen) atoms. The molecule has 31 nitrogen and oxygen atoms in total. The summed E-state index contributed by atoms with van der Waals surface area (Å²) in [5, 5.41) is 57.4. The molecule has 0 aliphatic carbocycles. The van der Waals surface area contributed by atoms with Gasteiger partial charge in [0.05, 0.1) is 12.2 Å². The monoisotopic (exact) mass is 1560 g/mol. The number of hydrogen-bond acceptors (Lipinski definition) is 17. The first-order valence-corrected chi connectivity index (χ1v) is 37.4. The number of anilines is 2. The normalized spacial score (nSPS) is 14.9. The van der Waals surface area contributed by atoms with Gasteiger partial charge in [0.25, 0.3) is 11.8 Å². The number of fused-ring (bicyclic) bond motifs is 1. The summed E-state index contributed by atoms with van der Waals surface area (Å²) >= 11 is 6.24. The van der Waals surface area contributed by atoms with E-state index in [9.17, 15) is 67.7 Å². The molecule has 10 atom stereocenters. The molecule has 1 saturated heterocycles. The Balaban J connectivity index is 1.19. The molecule has 1 fully saturated rings. The minimum Gasteiger partial charge on any atom is -0.480 e. The van der Waals surface area contributed by atoms with E-state index in [4.69, 9.17) is 11.6 Å². The van der Waals surface area contributed by atoms with Gasteiger partial charge in [-0.1, -0.05) is 118 Å². The molecule has 2 heterocycles. The smallest absolute Gasteiger partial charge is 0.325 e. The number of amides is 13. The Morgan fingerprint density at radius 3 is 1.49 bits per heavy atom. The van der Waals surface area contributed by atoms with Crippen molar-refractivity contribution in [1.82, 2.24) is 68.4 Å². The molecule has 5 aromatic carbocycles. The van der Waals surface area contributed by atoms with Crippen molar-refractivity contribution < 1.29 is 77.3 Å². The SMILES string of the molecule is CC(=O)Nc1ccc(C[C@H](NC(=O)[C@H](CO)NC(=O)[C@H](NC(=O)c2cccnc2)NC(=O)[C@@H](Cc2ccc(Cl)cc2)NC(=O)[C@@H](Cc2ccc3ccccc3c2)NC(C)=O)C(=O)N[C@H](Cc2ccc(NC(C)=O)cc2)C(=O)N[C@@H](CC(C)C)C(=O)N[C@@H](CCCCNC(C)C)C(=O)N2CCC[C@H]2C(=O)N[C@H](C)C(=O)O)cc1. The number of carbonyl (C=O) groups excluding carboxylic acids is 13. The zero-order chi connectivity index (χ0) is 81.7. The number of carboxylic acids is 1. The zero-order valence-electron chi connectivity index (χ0n) is 63.8. The van der Waals surface area contributed by atoms with Crippen LogP contribution in [0.3, 0.4) is 0 Å². The van der Waals surface area contributed by atoms with Crippen molar-refractivity contribution in [3.05, 3.63) is 173 Å². The lowest BCUT2D eigenvalue weighted by Gasteiger charge is -2.31. The molecule has 32 heteroatoms. The van der Waals surface area contributed by atoms with Gasteiger partial charge in [-0.2, -0.15) is 0 Å². The number of pyridine rings is 1. The number of nitrogens with one attached hydrogen (secondary N) is 13. The molecule has 598 valence electrons. The van der Waals surface area contributed by atoms with E-state index in [1.54, 1.807) is 68.4 Å². The van der Waals surface area contributed by atoms with Crippen LogP contribution >= 0.6 is 11.6 Å². The summed E-state index contributed by atoms with van der Waals surface area (Å²) in [7, 11) is 0. The summed E-state index contributed by atoms with van der Waals surface area (Å²) in [4.78, 5) is 201. The van der Waals surface area contributed by atoms with Crippen LogP contribution < -0.4 is 69.1 Å². The molecule has 0 saturated carbocycles. The number of unbranched alkanes of at least 4 members (excludes halogenated alkanes) is 1. The fourth-order valence-corrected chi connectivity index (χ4v) is 12.6. The number of likely N-dealkylation sites (tertiary alicyclic amines) is 1. The predicted octanol–water partition coefficient (Wildman–Crippen LogP) is 3.15. The summed E-state index contributed by atoms with van der Waals surface area (Å²) < 4.78 is 0. The van der Waals surface area contributed by atoms with Gasteiger partial charge < -0.3 is 84.2 Å². The van der Waals surface area contributed by atoms with E-state index in [0.717, 1.165) is 17.0 Å². The third-order valence-corrected chi connectivity index (χ3v) is 18.4. The van der Waals surface area contributed by atoms with Gasteiger partial charge in [-0.3, -0.25) is 72.1 Å². The maximum Gasteiger partial charge on any atom is 0.325 e. The summed E-state index contributed by atoms with van der Waals surface area (Å²) in [6.07, 6.45) is 1.16. The van der Waals surface area contributed by atoms with Gasteiger partial charge in [-0.15, -0.1) is 0 Å². The van der Waals surface area contributed by atoms with Gasteiger partial charge in [-0.05, 0) is 139 Å². The van der Waals surface area contributed by atoms with E-state index >= 15 is 9.59 Å². The molecule has 0 bridgehead atoms. The Morgan fingerprint density at radius 2 is 0.982 bits per heavy atom. The summed E-state index contributed by atoms with van der Waals surface area (Å²) in [5.74, 6) is -12.4. The van der Waals surface area contributed by atoms with E-state index in [1.165, 1.54) is 75.2 Å².